The number of aromatic nitrogens is 3. The molecule has 0 atom stereocenters. The largest absolute Gasteiger partial charge is 0.494 e. The standard InChI is InChI=1S/C18H22N4O3S/c1-4-21-9-8-14(20-21)17(23)19-18-22(10-11-24-3)15-7-6-13(25-5-2)12-16(15)26-18/h6-9,12H,4-5,10-11H2,1-3H3. The van der Waals surface area contributed by atoms with E-state index in [1.165, 1.54) is 11.3 Å². The maximum Gasteiger partial charge on any atom is 0.300 e. The number of thiazole rings is 1. The molecule has 0 saturated heterocycles. The molecule has 3 aromatic rings. The molecule has 8 heteroatoms. The lowest BCUT2D eigenvalue weighted by atomic mass is 10.3. The number of fused-ring (bicyclic) bond motifs is 1. The molecule has 2 heterocycles. The maximum atomic E-state index is 12.5. The molecule has 1 aromatic carbocycles. The number of rotatable bonds is 7. The molecule has 0 aliphatic carbocycles. The van der Waals surface area contributed by atoms with Crippen LogP contribution in [0.3, 0.4) is 0 Å². The topological polar surface area (TPSA) is 70.6 Å². The van der Waals surface area contributed by atoms with E-state index in [1.54, 1.807) is 24.1 Å². The second-order valence-electron chi connectivity index (χ2n) is 5.57. The Morgan fingerprint density at radius 1 is 1.31 bits per heavy atom. The third kappa shape index (κ3) is 3.86. The monoisotopic (exact) mass is 374 g/mol. The zero-order chi connectivity index (χ0) is 18.5. The van der Waals surface area contributed by atoms with Gasteiger partial charge in [-0.3, -0.25) is 9.48 Å². The molecule has 0 bridgehead atoms. The molecule has 0 unspecified atom stereocenters. The van der Waals surface area contributed by atoms with Crippen molar-refractivity contribution in [3.63, 3.8) is 0 Å². The lowest BCUT2D eigenvalue weighted by Crippen LogP contribution is -2.19. The normalized spacial score (nSPS) is 12.0. The van der Waals surface area contributed by atoms with E-state index in [0.29, 0.717) is 36.8 Å². The Labute approximate surface area is 155 Å². The van der Waals surface area contributed by atoms with Gasteiger partial charge in [0, 0.05) is 26.4 Å². The van der Waals surface area contributed by atoms with E-state index in [9.17, 15) is 4.79 Å². The quantitative estimate of drug-likeness (QED) is 0.637. The molecule has 0 radical (unpaired) electrons. The van der Waals surface area contributed by atoms with Gasteiger partial charge in [0.2, 0.25) is 0 Å². The molecule has 0 aliphatic rings. The molecule has 0 spiro atoms. The predicted molar refractivity (Wildman–Crippen MR) is 101 cm³/mol. The molecule has 3 rings (SSSR count). The van der Waals surface area contributed by atoms with Crippen molar-refractivity contribution < 1.29 is 14.3 Å². The van der Waals surface area contributed by atoms with Gasteiger partial charge in [0.15, 0.2) is 10.5 Å². The summed E-state index contributed by atoms with van der Waals surface area (Å²) >= 11 is 1.46. The SMILES string of the molecule is CCOc1ccc2c(c1)sc(=NC(=O)c1ccn(CC)n1)n2CCOC. The maximum absolute atomic E-state index is 12.5. The molecule has 7 nitrogen and oxygen atoms in total. The van der Waals surface area contributed by atoms with Crippen LogP contribution in [-0.4, -0.2) is 40.6 Å². The van der Waals surface area contributed by atoms with Gasteiger partial charge in [-0.15, -0.1) is 0 Å². The molecular weight excluding hydrogens is 352 g/mol. The Bertz CT molecular complexity index is 970. The van der Waals surface area contributed by atoms with E-state index in [1.807, 2.05) is 36.6 Å². The number of nitrogens with zero attached hydrogens (tertiary/aromatic N) is 4. The first-order chi connectivity index (χ1) is 12.7. The fraction of sp³-hybridized carbons (Fsp3) is 0.389. The average Bonchev–Trinajstić information content (AvgIpc) is 3.24. The summed E-state index contributed by atoms with van der Waals surface area (Å²) in [5.41, 5.74) is 1.35. The molecule has 1 amide bonds. The fourth-order valence-corrected chi connectivity index (χ4v) is 3.67. The Kier molecular flexibility index (Phi) is 5.85. The van der Waals surface area contributed by atoms with Crippen LogP contribution in [0, 0.1) is 0 Å². The lowest BCUT2D eigenvalue weighted by Gasteiger charge is -2.05. The minimum Gasteiger partial charge on any atom is -0.494 e. The minimum atomic E-state index is -0.347. The molecule has 26 heavy (non-hydrogen) atoms. The molecule has 0 fully saturated rings. The molecule has 138 valence electrons. The minimum absolute atomic E-state index is 0.345. The van der Waals surface area contributed by atoms with Gasteiger partial charge in [-0.25, -0.2) is 0 Å². The number of hydrogen-bond donors (Lipinski definition) is 0. The van der Waals surface area contributed by atoms with Crippen LogP contribution in [0.5, 0.6) is 5.75 Å². The first-order valence-electron chi connectivity index (χ1n) is 8.54. The van der Waals surface area contributed by atoms with Crippen molar-refractivity contribution in [2.75, 3.05) is 20.3 Å². The van der Waals surface area contributed by atoms with E-state index in [-0.39, 0.29) is 5.91 Å². The van der Waals surface area contributed by atoms with Crippen LogP contribution in [-0.2, 0) is 17.8 Å². The van der Waals surface area contributed by atoms with Gasteiger partial charge in [-0.2, -0.15) is 10.1 Å². The smallest absolute Gasteiger partial charge is 0.300 e. The number of carbonyl (C=O) groups is 1. The molecular formula is C18H22N4O3S. The number of carbonyl (C=O) groups excluding carboxylic acids is 1. The van der Waals surface area contributed by atoms with Gasteiger partial charge >= 0.3 is 0 Å². The second-order valence-corrected chi connectivity index (χ2v) is 6.57. The zero-order valence-electron chi connectivity index (χ0n) is 15.1. The van der Waals surface area contributed by atoms with Crippen LogP contribution < -0.4 is 9.54 Å². The highest BCUT2D eigenvalue weighted by Crippen LogP contribution is 2.23. The number of aryl methyl sites for hydroxylation is 1. The van der Waals surface area contributed by atoms with Crippen molar-refractivity contribution in [3.05, 3.63) is 41.0 Å². The first-order valence-corrected chi connectivity index (χ1v) is 9.35. The summed E-state index contributed by atoms with van der Waals surface area (Å²) in [4.78, 5) is 17.5. The van der Waals surface area contributed by atoms with Crippen molar-refractivity contribution in [2.24, 2.45) is 4.99 Å². The van der Waals surface area contributed by atoms with Crippen molar-refractivity contribution in [1.29, 1.82) is 0 Å². The number of methoxy groups -OCH3 is 1. The highest BCUT2D eigenvalue weighted by Gasteiger charge is 2.12. The zero-order valence-corrected chi connectivity index (χ0v) is 16.0. The Morgan fingerprint density at radius 3 is 2.85 bits per heavy atom. The Morgan fingerprint density at radius 2 is 2.15 bits per heavy atom. The summed E-state index contributed by atoms with van der Waals surface area (Å²) in [6, 6.07) is 7.58. The summed E-state index contributed by atoms with van der Waals surface area (Å²) in [5, 5.41) is 4.23. The van der Waals surface area contributed by atoms with Gasteiger partial charge in [0.25, 0.3) is 5.91 Å². The van der Waals surface area contributed by atoms with Crippen LogP contribution in [0.25, 0.3) is 10.2 Å². The summed E-state index contributed by atoms with van der Waals surface area (Å²) in [7, 11) is 1.65. The van der Waals surface area contributed by atoms with E-state index >= 15 is 0 Å². The molecule has 0 aliphatic heterocycles. The first kappa shape index (κ1) is 18.3. The van der Waals surface area contributed by atoms with E-state index in [4.69, 9.17) is 9.47 Å². The van der Waals surface area contributed by atoms with E-state index < -0.39 is 0 Å². The van der Waals surface area contributed by atoms with Crippen molar-refractivity contribution in [1.82, 2.24) is 14.3 Å². The fourth-order valence-electron chi connectivity index (χ4n) is 2.59. The van der Waals surface area contributed by atoms with Crippen LogP contribution in [0.1, 0.15) is 24.3 Å². The van der Waals surface area contributed by atoms with Crippen molar-refractivity contribution in [2.45, 2.75) is 26.9 Å². The summed E-state index contributed by atoms with van der Waals surface area (Å²) < 4.78 is 15.5. The second kappa shape index (κ2) is 8.29. The highest BCUT2D eigenvalue weighted by atomic mass is 32.1. The number of benzene rings is 1. The van der Waals surface area contributed by atoms with E-state index in [0.717, 1.165) is 16.0 Å². The Hall–Kier alpha value is -2.45. The van der Waals surface area contributed by atoms with Gasteiger partial charge in [0.1, 0.15) is 5.75 Å². The molecule has 0 saturated carbocycles. The highest BCUT2D eigenvalue weighted by molar-refractivity contribution is 7.16. The van der Waals surface area contributed by atoms with Gasteiger partial charge in [0.05, 0.1) is 23.4 Å². The molecule has 0 N–H and O–H groups in total. The van der Waals surface area contributed by atoms with Gasteiger partial charge < -0.3 is 14.0 Å². The third-order valence-electron chi connectivity index (χ3n) is 3.87. The summed E-state index contributed by atoms with van der Waals surface area (Å²) in [5.74, 6) is 0.458. The van der Waals surface area contributed by atoms with Gasteiger partial charge in [-0.05, 0) is 38.1 Å². The lowest BCUT2D eigenvalue weighted by molar-refractivity contribution is 0.0992. The van der Waals surface area contributed by atoms with Gasteiger partial charge in [-0.1, -0.05) is 11.3 Å². The van der Waals surface area contributed by atoms with Crippen LogP contribution in [0.15, 0.2) is 35.5 Å². The third-order valence-corrected chi connectivity index (χ3v) is 4.91. The average molecular weight is 374 g/mol. The Balaban J connectivity index is 2.05. The van der Waals surface area contributed by atoms with Crippen molar-refractivity contribution in [3.8, 4) is 5.75 Å². The van der Waals surface area contributed by atoms with E-state index in [2.05, 4.69) is 10.1 Å². The van der Waals surface area contributed by atoms with Crippen LogP contribution in [0.2, 0.25) is 0 Å². The summed E-state index contributed by atoms with van der Waals surface area (Å²) in [6.07, 6.45) is 1.78. The number of hydrogen-bond acceptors (Lipinski definition) is 5. The number of ether oxygens (including phenoxy) is 2. The summed E-state index contributed by atoms with van der Waals surface area (Å²) in [6.45, 7) is 6.39. The van der Waals surface area contributed by atoms with Crippen LogP contribution in [0.4, 0.5) is 0 Å². The van der Waals surface area contributed by atoms with Crippen LogP contribution >= 0.6 is 11.3 Å². The molecule has 2 aromatic heterocycles. The number of amides is 1. The van der Waals surface area contributed by atoms with Crippen molar-refractivity contribution >= 4 is 27.5 Å². The predicted octanol–water partition coefficient (Wildman–Crippen LogP) is 2.71.